The van der Waals surface area contributed by atoms with Gasteiger partial charge in [-0.25, -0.2) is 0 Å². The molecule has 8 heteroatoms. The van der Waals surface area contributed by atoms with E-state index in [1.165, 1.54) is 12.6 Å². The van der Waals surface area contributed by atoms with Gasteiger partial charge >= 0.3 is 0 Å². The molecular weight excluding hydrogens is 456 g/mol. The summed E-state index contributed by atoms with van der Waals surface area (Å²) in [5.41, 5.74) is 8.61. The lowest BCUT2D eigenvalue weighted by atomic mass is 10.0. The van der Waals surface area contributed by atoms with Gasteiger partial charge in [0, 0.05) is 13.6 Å². The maximum atomic E-state index is 12.7. The summed E-state index contributed by atoms with van der Waals surface area (Å²) in [5, 5.41) is 9.82. The molecule has 36 heavy (non-hydrogen) atoms. The number of benzene rings is 3. The van der Waals surface area contributed by atoms with Crippen molar-refractivity contribution in [2.24, 2.45) is 5.73 Å². The molecule has 3 aromatic rings. The van der Waals surface area contributed by atoms with E-state index in [9.17, 15) is 14.4 Å². The molecule has 0 aromatic heterocycles. The number of amides is 3. The number of carbonyl (C=O) groups excluding carboxylic acids is 3. The van der Waals surface area contributed by atoms with Crippen LogP contribution < -0.4 is 26.4 Å². The van der Waals surface area contributed by atoms with Gasteiger partial charge in [-0.1, -0.05) is 54.1 Å². The predicted octanol–water partition coefficient (Wildman–Crippen LogP) is 2.47. The van der Waals surface area contributed by atoms with Crippen molar-refractivity contribution in [1.29, 1.82) is 0 Å². The Labute approximate surface area is 211 Å². The standard InChI is InChI=1S/C28H34N4O4/c1-19-9-11-20(12-10-19)15-24(29)28(35)31-13-5-6-14-36-25-17-22-8-4-3-7-21(22)16-23(25)27(34)32-18-26(33)30-2/h3-4,7-12,16-17,24H,5-6,13-15,18,29H2,1-2H3,(H,30,33)(H,31,35)(H,32,34). The van der Waals surface area contributed by atoms with E-state index in [1.807, 2.05) is 61.5 Å². The predicted molar refractivity (Wildman–Crippen MR) is 141 cm³/mol. The third-order valence-electron chi connectivity index (χ3n) is 5.82. The van der Waals surface area contributed by atoms with Crippen LogP contribution in [0.25, 0.3) is 10.8 Å². The monoisotopic (exact) mass is 490 g/mol. The normalized spacial score (nSPS) is 11.5. The molecule has 3 rings (SSSR count). The Kier molecular flexibility index (Phi) is 9.82. The van der Waals surface area contributed by atoms with Crippen molar-refractivity contribution in [2.75, 3.05) is 26.7 Å². The Balaban J connectivity index is 1.48. The van der Waals surface area contributed by atoms with Gasteiger partial charge in [0.25, 0.3) is 5.91 Å². The molecule has 1 unspecified atom stereocenters. The number of nitrogens with one attached hydrogen (secondary N) is 3. The summed E-state index contributed by atoms with van der Waals surface area (Å²) in [5.74, 6) is -0.394. The fourth-order valence-electron chi connectivity index (χ4n) is 3.68. The third-order valence-corrected chi connectivity index (χ3v) is 5.82. The van der Waals surface area contributed by atoms with Crippen molar-refractivity contribution in [1.82, 2.24) is 16.0 Å². The average molecular weight is 491 g/mol. The number of likely N-dealkylation sites (N-methyl/N-ethyl adjacent to an activating group) is 1. The molecule has 190 valence electrons. The van der Waals surface area contributed by atoms with Crippen LogP contribution in [0.4, 0.5) is 0 Å². The first-order valence-electron chi connectivity index (χ1n) is 12.1. The molecular formula is C28H34N4O4. The largest absolute Gasteiger partial charge is 0.493 e. The van der Waals surface area contributed by atoms with E-state index < -0.39 is 6.04 Å². The van der Waals surface area contributed by atoms with Gasteiger partial charge in [0.2, 0.25) is 11.8 Å². The molecule has 0 aliphatic carbocycles. The molecule has 0 bridgehead atoms. The number of nitrogens with two attached hydrogens (primary N) is 1. The number of unbranched alkanes of at least 4 members (excludes halogenated alkanes) is 1. The number of fused-ring (bicyclic) bond motifs is 1. The zero-order valence-electron chi connectivity index (χ0n) is 20.8. The molecule has 0 saturated carbocycles. The van der Waals surface area contributed by atoms with Gasteiger partial charge < -0.3 is 26.4 Å². The zero-order valence-corrected chi connectivity index (χ0v) is 20.8. The fourth-order valence-corrected chi connectivity index (χ4v) is 3.68. The fraction of sp³-hybridized carbons (Fsp3) is 0.321. The second-order valence-corrected chi connectivity index (χ2v) is 8.69. The maximum Gasteiger partial charge on any atom is 0.255 e. The van der Waals surface area contributed by atoms with Crippen LogP contribution >= 0.6 is 0 Å². The van der Waals surface area contributed by atoms with Gasteiger partial charge in [0.15, 0.2) is 0 Å². The van der Waals surface area contributed by atoms with Crippen LogP contribution in [0.15, 0.2) is 60.7 Å². The van der Waals surface area contributed by atoms with Crippen molar-refractivity contribution in [3.8, 4) is 5.75 Å². The van der Waals surface area contributed by atoms with Crippen molar-refractivity contribution in [2.45, 2.75) is 32.2 Å². The van der Waals surface area contributed by atoms with Crippen molar-refractivity contribution >= 4 is 28.5 Å². The number of hydrogen-bond donors (Lipinski definition) is 4. The Morgan fingerprint density at radius 2 is 1.64 bits per heavy atom. The van der Waals surface area contributed by atoms with Gasteiger partial charge in [-0.2, -0.15) is 0 Å². The van der Waals surface area contributed by atoms with Crippen LogP contribution in [0.3, 0.4) is 0 Å². The Morgan fingerprint density at radius 1 is 0.944 bits per heavy atom. The minimum absolute atomic E-state index is 0.118. The maximum absolute atomic E-state index is 12.7. The number of rotatable bonds is 12. The van der Waals surface area contributed by atoms with E-state index in [4.69, 9.17) is 10.5 Å². The highest BCUT2D eigenvalue weighted by atomic mass is 16.5. The summed E-state index contributed by atoms with van der Waals surface area (Å²) in [6.07, 6.45) is 1.87. The van der Waals surface area contributed by atoms with Crippen molar-refractivity contribution < 1.29 is 19.1 Å². The molecule has 0 saturated heterocycles. The lowest BCUT2D eigenvalue weighted by molar-refractivity contribution is -0.122. The first kappa shape index (κ1) is 26.7. The summed E-state index contributed by atoms with van der Waals surface area (Å²) in [4.78, 5) is 36.5. The van der Waals surface area contributed by atoms with Gasteiger partial charge in [-0.05, 0) is 54.7 Å². The van der Waals surface area contributed by atoms with Gasteiger partial charge in [0.1, 0.15) is 5.75 Å². The number of carbonyl (C=O) groups is 3. The summed E-state index contributed by atoms with van der Waals surface area (Å²) >= 11 is 0. The molecule has 0 radical (unpaired) electrons. The van der Waals surface area contributed by atoms with E-state index in [0.29, 0.717) is 43.7 Å². The minimum atomic E-state index is -0.600. The van der Waals surface area contributed by atoms with Crippen LogP contribution in [-0.2, 0) is 16.0 Å². The SMILES string of the molecule is CNC(=O)CNC(=O)c1cc2ccccc2cc1OCCCCNC(=O)C(N)Cc1ccc(C)cc1. The van der Waals surface area contributed by atoms with Crippen LogP contribution in [0, 0.1) is 6.92 Å². The summed E-state index contributed by atoms with van der Waals surface area (Å²) in [6.45, 7) is 2.76. The van der Waals surface area contributed by atoms with Crippen molar-refractivity contribution in [3.05, 3.63) is 77.4 Å². The summed E-state index contributed by atoms with van der Waals surface area (Å²) in [6, 6.07) is 18.7. The highest BCUT2D eigenvalue weighted by Gasteiger charge is 2.16. The molecule has 0 heterocycles. The topological polar surface area (TPSA) is 123 Å². The van der Waals surface area contributed by atoms with Crippen LogP contribution in [0.1, 0.15) is 34.3 Å². The van der Waals surface area contributed by atoms with Gasteiger partial charge in [0.05, 0.1) is 24.8 Å². The van der Waals surface area contributed by atoms with Crippen molar-refractivity contribution in [3.63, 3.8) is 0 Å². The van der Waals surface area contributed by atoms with E-state index in [2.05, 4.69) is 16.0 Å². The molecule has 0 aliphatic heterocycles. The molecule has 5 N–H and O–H groups in total. The second-order valence-electron chi connectivity index (χ2n) is 8.69. The number of aryl methyl sites for hydroxylation is 1. The molecule has 3 amide bonds. The van der Waals surface area contributed by atoms with Crippen LogP contribution in [0.2, 0.25) is 0 Å². The van der Waals surface area contributed by atoms with E-state index in [0.717, 1.165) is 16.3 Å². The van der Waals surface area contributed by atoms with E-state index >= 15 is 0 Å². The van der Waals surface area contributed by atoms with Crippen LogP contribution in [0.5, 0.6) is 5.75 Å². The third kappa shape index (κ3) is 7.81. The second kappa shape index (κ2) is 13.3. The molecule has 3 aromatic carbocycles. The average Bonchev–Trinajstić information content (AvgIpc) is 2.89. The molecule has 0 spiro atoms. The Bertz CT molecular complexity index is 1190. The molecule has 0 fully saturated rings. The summed E-state index contributed by atoms with van der Waals surface area (Å²) < 4.78 is 5.94. The smallest absolute Gasteiger partial charge is 0.255 e. The molecule has 0 aliphatic rings. The first-order chi connectivity index (χ1) is 17.4. The quantitative estimate of drug-likeness (QED) is 0.291. The number of hydrogen-bond acceptors (Lipinski definition) is 5. The van der Waals surface area contributed by atoms with Gasteiger partial charge in [-0.15, -0.1) is 0 Å². The highest BCUT2D eigenvalue weighted by Crippen LogP contribution is 2.26. The molecule has 1 atom stereocenters. The lowest BCUT2D eigenvalue weighted by Crippen LogP contribution is -2.42. The van der Waals surface area contributed by atoms with Crippen LogP contribution in [-0.4, -0.2) is 50.5 Å². The Hall–Kier alpha value is -3.91. The Morgan fingerprint density at radius 3 is 2.33 bits per heavy atom. The minimum Gasteiger partial charge on any atom is -0.493 e. The van der Waals surface area contributed by atoms with Gasteiger partial charge in [-0.3, -0.25) is 14.4 Å². The first-order valence-corrected chi connectivity index (χ1v) is 12.1. The lowest BCUT2D eigenvalue weighted by Gasteiger charge is -2.14. The summed E-state index contributed by atoms with van der Waals surface area (Å²) in [7, 11) is 1.51. The molecule has 8 nitrogen and oxygen atoms in total. The van der Waals surface area contributed by atoms with E-state index in [1.54, 1.807) is 6.07 Å². The number of ether oxygens (including phenoxy) is 1. The van der Waals surface area contributed by atoms with E-state index in [-0.39, 0.29) is 24.3 Å². The zero-order chi connectivity index (χ0) is 25.9. The highest BCUT2D eigenvalue weighted by molar-refractivity contribution is 6.02.